The highest BCUT2D eigenvalue weighted by molar-refractivity contribution is 6.31. The minimum absolute atomic E-state index is 0.751. The minimum Gasteiger partial charge on any atom is -0.379 e. The molecule has 0 bridgehead atoms. The Labute approximate surface area is 153 Å². The molecule has 0 spiro atoms. The van der Waals surface area contributed by atoms with E-state index < -0.39 is 0 Å². The lowest BCUT2D eigenvalue weighted by Gasteiger charge is -2.26. The quantitative estimate of drug-likeness (QED) is 0.690. The second kappa shape index (κ2) is 7.56. The summed E-state index contributed by atoms with van der Waals surface area (Å²) in [5.41, 5.74) is 3.24. The van der Waals surface area contributed by atoms with Crippen molar-refractivity contribution in [2.45, 2.75) is 13.0 Å². The summed E-state index contributed by atoms with van der Waals surface area (Å²) in [5, 5.41) is 0.751. The van der Waals surface area contributed by atoms with Crippen molar-refractivity contribution < 1.29 is 4.74 Å². The molecule has 1 saturated heterocycles. The number of fused-ring (bicyclic) bond motifs is 1. The number of benzene rings is 2. The van der Waals surface area contributed by atoms with Crippen LogP contribution in [0.1, 0.15) is 6.42 Å². The number of aryl methyl sites for hydroxylation is 1. The van der Waals surface area contributed by atoms with Gasteiger partial charge in [0.05, 0.1) is 24.2 Å². The minimum atomic E-state index is 0.751. The lowest BCUT2D eigenvalue weighted by atomic mass is 10.2. The van der Waals surface area contributed by atoms with Gasteiger partial charge in [0.25, 0.3) is 0 Å². The molecule has 1 fully saturated rings. The first kappa shape index (κ1) is 16.6. The second-order valence-electron chi connectivity index (χ2n) is 6.39. The lowest BCUT2D eigenvalue weighted by molar-refractivity contribution is 0.0370. The van der Waals surface area contributed by atoms with Gasteiger partial charge in [-0.3, -0.25) is 4.90 Å². The van der Waals surface area contributed by atoms with Gasteiger partial charge in [-0.15, -0.1) is 0 Å². The molecule has 0 saturated carbocycles. The molecule has 2 aromatic carbocycles. The molecule has 0 N–H and O–H groups in total. The Balaban J connectivity index is 1.61. The smallest absolute Gasteiger partial charge is 0.141 e. The van der Waals surface area contributed by atoms with Gasteiger partial charge in [0, 0.05) is 36.8 Å². The van der Waals surface area contributed by atoms with Crippen LogP contribution in [0.5, 0.6) is 0 Å². The maximum absolute atomic E-state index is 6.24. The van der Waals surface area contributed by atoms with Crippen LogP contribution in [0.3, 0.4) is 0 Å². The molecule has 5 heteroatoms. The first-order chi connectivity index (χ1) is 12.3. The van der Waals surface area contributed by atoms with E-state index in [1.54, 1.807) is 0 Å². The van der Waals surface area contributed by atoms with Crippen LogP contribution in [0.4, 0.5) is 0 Å². The summed E-state index contributed by atoms with van der Waals surface area (Å²) in [5.74, 6) is 1.01. The Morgan fingerprint density at radius 2 is 1.80 bits per heavy atom. The van der Waals surface area contributed by atoms with Gasteiger partial charge < -0.3 is 9.30 Å². The molecule has 0 atom stereocenters. The molecule has 3 aromatic rings. The van der Waals surface area contributed by atoms with Crippen LogP contribution in [-0.4, -0.2) is 47.3 Å². The molecule has 4 rings (SSSR count). The summed E-state index contributed by atoms with van der Waals surface area (Å²) < 4.78 is 7.73. The van der Waals surface area contributed by atoms with Crippen molar-refractivity contribution in [3.63, 3.8) is 0 Å². The molecule has 0 unspecified atom stereocenters. The number of nitrogens with zero attached hydrogens (tertiary/aromatic N) is 3. The zero-order valence-electron chi connectivity index (χ0n) is 14.2. The molecule has 1 aliphatic rings. The maximum Gasteiger partial charge on any atom is 0.141 e. The van der Waals surface area contributed by atoms with Crippen LogP contribution in [0.2, 0.25) is 5.02 Å². The number of halogens is 1. The Kier molecular flexibility index (Phi) is 5.02. The molecule has 25 heavy (non-hydrogen) atoms. The van der Waals surface area contributed by atoms with Crippen molar-refractivity contribution in [3.05, 3.63) is 53.6 Å². The fourth-order valence-corrected chi connectivity index (χ4v) is 3.57. The van der Waals surface area contributed by atoms with Gasteiger partial charge >= 0.3 is 0 Å². The van der Waals surface area contributed by atoms with Crippen molar-refractivity contribution in [2.24, 2.45) is 0 Å². The molecule has 0 radical (unpaired) electrons. The third-order valence-corrected chi connectivity index (χ3v) is 4.94. The highest BCUT2D eigenvalue weighted by Gasteiger charge is 2.14. The summed E-state index contributed by atoms with van der Waals surface area (Å²) >= 11 is 6.24. The molecule has 4 nitrogen and oxygen atoms in total. The third-order valence-electron chi connectivity index (χ3n) is 4.70. The number of imidazole rings is 1. The highest BCUT2D eigenvalue weighted by Crippen LogP contribution is 2.27. The largest absolute Gasteiger partial charge is 0.379 e. The average molecular weight is 356 g/mol. The Bertz CT molecular complexity index is 841. The van der Waals surface area contributed by atoms with E-state index in [1.165, 1.54) is 0 Å². The van der Waals surface area contributed by atoms with Crippen molar-refractivity contribution in [1.29, 1.82) is 0 Å². The fourth-order valence-electron chi connectivity index (χ4n) is 3.41. The number of rotatable bonds is 5. The Morgan fingerprint density at radius 3 is 2.60 bits per heavy atom. The topological polar surface area (TPSA) is 30.3 Å². The normalized spacial score (nSPS) is 15.7. The van der Waals surface area contributed by atoms with Gasteiger partial charge in [-0.25, -0.2) is 4.98 Å². The SMILES string of the molecule is Clc1ccc2nc(-c3ccccc3)n(CCCN3CCOCC3)c2c1. The zero-order chi connectivity index (χ0) is 17.1. The van der Waals surface area contributed by atoms with Crippen molar-refractivity contribution >= 4 is 22.6 Å². The summed E-state index contributed by atoms with van der Waals surface area (Å²) in [7, 11) is 0. The predicted molar refractivity (Wildman–Crippen MR) is 102 cm³/mol. The van der Waals surface area contributed by atoms with Crippen LogP contribution in [0, 0.1) is 0 Å². The van der Waals surface area contributed by atoms with E-state index in [0.717, 1.165) is 73.3 Å². The Morgan fingerprint density at radius 1 is 1.00 bits per heavy atom. The van der Waals surface area contributed by atoms with E-state index in [0.29, 0.717) is 0 Å². The summed E-state index contributed by atoms with van der Waals surface area (Å²) in [6, 6.07) is 16.3. The fraction of sp³-hybridized carbons (Fsp3) is 0.350. The molecular formula is C20H22ClN3O. The van der Waals surface area contributed by atoms with E-state index in [2.05, 4.69) is 33.7 Å². The van der Waals surface area contributed by atoms with Crippen LogP contribution in [-0.2, 0) is 11.3 Å². The van der Waals surface area contributed by atoms with Gasteiger partial charge in [0.1, 0.15) is 5.82 Å². The van der Waals surface area contributed by atoms with Crippen LogP contribution in [0.25, 0.3) is 22.4 Å². The maximum atomic E-state index is 6.24. The molecule has 1 aliphatic heterocycles. The predicted octanol–water partition coefficient (Wildman–Crippen LogP) is 4.08. The van der Waals surface area contributed by atoms with E-state index in [-0.39, 0.29) is 0 Å². The number of hydrogen-bond acceptors (Lipinski definition) is 3. The third kappa shape index (κ3) is 3.71. The zero-order valence-corrected chi connectivity index (χ0v) is 15.0. The molecule has 1 aromatic heterocycles. The van der Waals surface area contributed by atoms with E-state index in [4.69, 9.17) is 21.3 Å². The average Bonchev–Trinajstić information content (AvgIpc) is 3.01. The van der Waals surface area contributed by atoms with Crippen molar-refractivity contribution in [3.8, 4) is 11.4 Å². The number of aromatic nitrogens is 2. The first-order valence-electron chi connectivity index (χ1n) is 8.82. The highest BCUT2D eigenvalue weighted by atomic mass is 35.5. The monoisotopic (exact) mass is 355 g/mol. The van der Waals surface area contributed by atoms with Crippen molar-refractivity contribution in [1.82, 2.24) is 14.5 Å². The number of ether oxygens (including phenoxy) is 1. The van der Waals surface area contributed by atoms with E-state index in [1.807, 2.05) is 24.3 Å². The first-order valence-corrected chi connectivity index (χ1v) is 9.20. The molecular weight excluding hydrogens is 334 g/mol. The van der Waals surface area contributed by atoms with Crippen LogP contribution >= 0.6 is 11.6 Å². The van der Waals surface area contributed by atoms with Gasteiger partial charge in [-0.2, -0.15) is 0 Å². The molecule has 130 valence electrons. The standard InChI is InChI=1S/C20H22ClN3O/c21-17-7-8-18-19(15-17)24(10-4-9-23-11-13-25-14-12-23)20(22-18)16-5-2-1-3-6-16/h1-3,5-8,15H,4,9-14H2. The van der Waals surface area contributed by atoms with Crippen molar-refractivity contribution in [2.75, 3.05) is 32.8 Å². The number of hydrogen-bond donors (Lipinski definition) is 0. The second-order valence-corrected chi connectivity index (χ2v) is 6.83. The number of morpholine rings is 1. The van der Waals surface area contributed by atoms with Gasteiger partial charge in [-0.05, 0) is 24.6 Å². The van der Waals surface area contributed by atoms with Gasteiger partial charge in [0.15, 0.2) is 0 Å². The Hall–Kier alpha value is -1.88. The van der Waals surface area contributed by atoms with Crippen LogP contribution < -0.4 is 0 Å². The summed E-state index contributed by atoms with van der Waals surface area (Å²) in [6.45, 7) is 5.76. The summed E-state index contributed by atoms with van der Waals surface area (Å²) in [6.07, 6.45) is 1.08. The molecule has 2 heterocycles. The van der Waals surface area contributed by atoms with Crippen LogP contribution in [0.15, 0.2) is 48.5 Å². The van der Waals surface area contributed by atoms with Gasteiger partial charge in [-0.1, -0.05) is 41.9 Å². The molecule has 0 aliphatic carbocycles. The van der Waals surface area contributed by atoms with E-state index in [9.17, 15) is 0 Å². The lowest BCUT2D eigenvalue weighted by Crippen LogP contribution is -2.37. The van der Waals surface area contributed by atoms with Gasteiger partial charge in [0.2, 0.25) is 0 Å². The molecule has 0 amide bonds. The summed E-state index contributed by atoms with van der Waals surface area (Å²) in [4.78, 5) is 7.33. The van der Waals surface area contributed by atoms with E-state index >= 15 is 0 Å².